The Labute approximate surface area is 117 Å². The van der Waals surface area contributed by atoms with Crippen LogP contribution in [0.5, 0.6) is 17.2 Å². The van der Waals surface area contributed by atoms with Crippen LogP contribution < -0.4 is 9.47 Å². The van der Waals surface area contributed by atoms with Gasteiger partial charge in [0.1, 0.15) is 23.4 Å². The molecule has 1 aliphatic rings. The lowest BCUT2D eigenvalue weighted by Gasteiger charge is -2.31. The molecule has 0 fully saturated rings. The molecule has 1 aliphatic heterocycles. The van der Waals surface area contributed by atoms with Crippen LogP contribution in [-0.2, 0) is 6.42 Å². The van der Waals surface area contributed by atoms with Gasteiger partial charge in [0.2, 0.25) is 0 Å². The number of aliphatic hydroxyl groups excluding tert-OH is 1. The van der Waals surface area contributed by atoms with Crippen LogP contribution in [0, 0.1) is 0 Å². The number of aromatic hydroxyl groups is 1. The third kappa shape index (κ3) is 2.30. The molecule has 0 aliphatic carbocycles. The van der Waals surface area contributed by atoms with E-state index < -0.39 is 12.2 Å². The molecule has 0 bridgehead atoms. The van der Waals surface area contributed by atoms with Crippen LogP contribution in [0.3, 0.4) is 0 Å². The van der Waals surface area contributed by atoms with Gasteiger partial charge in [-0.25, -0.2) is 0 Å². The minimum atomic E-state index is -0.611. The molecular weight excluding hydrogens is 256 g/mol. The van der Waals surface area contributed by atoms with Crippen molar-refractivity contribution in [2.75, 3.05) is 7.11 Å². The molecule has 4 nitrogen and oxygen atoms in total. The number of phenolic OH excluding ortho intramolecular Hbond substituents is 1. The number of aliphatic hydroxyl groups is 1. The molecule has 2 unspecified atom stereocenters. The zero-order chi connectivity index (χ0) is 14.1. The number of fused-ring (bicyclic) bond motifs is 1. The number of benzene rings is 2. The summed E-state index contributed by atoms with van der Waals surface area (Å²) in [5, 5.41) is 19.8. The highest BCUT2D eigenvalue weighted by Crippen LogP contribution is 2.37. The zero-order valence-corrected chi connectivity index (χ0v) is 11.1. The summed E-state index contributed by atoms with van der Waals surface area (Å²) >= 11 is 0. The number of hydrogen-bond acceptors (Lipinski definition) is 4. The number of hydrogen-bond donors (Lipinski definition) is 2. The van der Waals surface area contributed by atoms with Crippen molar-refractivity contribution in [3.05, 3.63) is 53.6 Å². The van der Waals surface area contributed by atoms with Crippen LogP contribution in [0.1, 0.15) is 17.2 Å². The van der Waals surface area contributed by atoms with Gasteiger partial charge < -0.3 is 19.7 Å². The fraction of sp³-hybridized carbons (Fsp3) is 0.250. The predicted molar refractivity (Wildman–Crippen MR) is 74.2 cm³/mol. The van der Waals surface area contributed by atoms with Crippen molar-refractivity contribution in [1.29, 1.82) is 0 Å². The predicted octanol–water partition coefficient (Wildman–Crippen LogP) is 2.44. The highest BCUT2D eigenvalue weighted by molar-refractivity contribution is 5.43. The Morgan fingerprint density at radius 3 is 2.60 bits per heavy atom. The maximum Gasteiger partial charge on any atom is 0.150 e. The largest absolute Gasteiger partial charge is 0.508 e. The standard InChI is InChI=1S/C16H16O4/c1-19-13-6-3-10(4-7-13)16-14(18)8-11-2-5-12(17)9-15(11)20-16/h2-7,9,14,16-18H,8H2,1H3. The van der Waals surface area contributed by atoms with E-state index in [4.69, 9.17) is 9.47 Å². The molecule has 20 heavy (non-hydrogen) atoms. The molecule has 4 heteroatoms. The summed E-state index contributed by atoms with van der Waals surface area (Å²) in [6.07, 6.45) is -0.539. The molecule has 2 atom stereocenters. The molecule has 0 saturated heterocycles. The minimum Gasteiger partial charge on any atom is -0.508 e. The van der Waals surface area contributed by atoms with Gasteiger partial charge in [0, 0.05) is 12.5 Å². The van der Waals surface area contributed by atoms with Gasteiger partial charge in [-0.3, -0.25) is 0 Å². The van der Waals surface area contributed by atoms with Crippen LogP contribution in [0.15, 0.2) is 42.5 Å². The first-order valence-corrected chi connectivity index (χ1v) is 6.48. The SMILES string of the molecule is COc1ccc(C2Oc3cc(O)ccc3CC2O)cc1. The van der Waals surface area contributed by atoms with E-state index in [1.165, 1.54) is 0 Å². The fourth-order valence-electron chi connectivity index (χ4n) is 2.45. The first kappa shape index (κ1) is 12.8. The van der Waals surface area contributed by atoms with E-state index in [-0.39, 0.29) is 5.75 Å². The van der Waals surface area contributed by atoms with E-state index in [1.54, 1.807) is 25.3 Å². The van der Waals surface area contributed by atoms with Gasteiger partial charge in [0.15, 0.2) is 0 Å². The van der Waals surface area contributed by atoms with Gasteiger partial charge in [-0.05, 0) is 29.3 Å². The van der Waals surface area contributed by atoms with Crippen molar-refractivity contribution in [3.63, 3.8) is 0 Å². The van der Waals surface area contributed by atoms with E-state index in [0.717, 1.165) is 16.9 Å². The summed E-state index contributed by atoms with van der Waals surface area (Å²) in [4.78, 5) is 0. The molecule has 0 amide bonds. The number of phenols is 1. The molecule has 104 valence electrons. The van der Waals surface area contributed by atoms with Crippen LogP contribution in [0.2, 0.25) is 0 Å². The molecule has 0 radical (unpaired) electrons. The smallest absolute Gasteiger partial charge is 0.150 e. The van der Waals surface area contributed by atoms with Gasteiger partial charge in [-0.15, -0.1) is 0 Å². The van der Waals surface area contributed by atoms with Crippen LogP contribution in [0.25, 0.3) is 0 Å². The number of methoxy groups -OCH3 is 1. The second-order valence-electron chi connectivity index (χ2n) is 4.88. The normalized spacial score (nSPS) is 20.9. The van der Waals surface area contributed by atoms with Gasteiger partial charge in [-0.2, -0.15) is 0 Å². The third-order valence-electron chi connectivity index (χ3n) is 3.53. The molecule has 2 aromatic rings. The Hall–Kier alpha value is -2.20. The summed E-state index contributed by atoms with van der Waals surface area (Å²) in [6.45, 7) is 0. The quantitative estimate of drug-likeness (QED) is 0.881. The van der Waals surface area contributed by atoms with Crippen molar-refractivity contribution in [2.45, 2.75) is 18.6 Å². The molecule has 0 aromatic heterocycles. The number of rotatable bonds is 2. The molecule has 2 aromatic carbocycles. The Morgan fingerprint density at radius 2 is 1.90 bits per heavy atom. The second-order valence-corrected chi connectivity index (χ2v) is 4.88. The summed E-state index contributed by atoms with van der Waals surface area (Å²) in [7, 11) is 1.61. The average Bonchev–Trinajstić information content (AvgIpc) is 2.47. The molecule has 0 spiro atoms. The fourth-order valence-corrected chi connectivity index (χ4v) is 2.45. The lowest BCUT2D eigenvalue weighted by molar-refractivity contribution is 0.0206. The van der Waals surface area contributed by atoms with Crippen LogP contribution in [0.4, 0.5) is 0 Å². The topological polar surface area (TPSA) is 58.9 Å². The van der Waals surface area contributed by atoms with Crippen molar-refractivity contribution in [3.8, 4) is 17.2 Å². The summed E-state index contributed by atoms with van der Waals surface area (Å²) < 4.78 is 11.0. The highest BCUT2D eigenvalue weighted by atomic mass is 16.5. The van der Waals surface area contributed by atoms with Crippen molar-refractivity contribution in [1.82, 2.24) is 0 Å². The lowest BCUT2D eigenvalue weighted by atomic mass is 9.94. The lowest BCUT2D eigenvalue weighted by Crippen LogP contribution is -2.30. The first-order valence-electron chi connectivity index (χ1n) is 6.48. The van der Waals surface area contributed by atoms with E-state index in [9.17, 15) is 10.2 Å². The Morgan fingerprint density at radius 1 is 1.15 bits per heavy atom. The van der Waals surface area contributed by atoms with Crippen molar-refractivity contribution in [2.24, 2.45) is 0 Å². The Balaban J connectivity index is 1.90. The zero-order valence-electron chi connectivity index (χ0n) is 11.1. The first-order chi connectivity index (χ1) is 9.67. The van der Waals surface area contributed by atoms with Crippen LogP contribution >= 0.6 is 0 Å². The van der Waals surface area contributed by atoms with Gasteiger partial charge in [0.25, 0.3) is 0 Å². The molecule has 3 rings (SSSR count). The number of ether oxygens (including phenoxy) is 2. The van der Waals surface area contributed by atoms with E-state index in [0.29, 0.717) is 12.2 Å². The summed E-state index contributed by atoms with van der Waals surface area (Å²) in [5.41, 5.74) is 1.78. The summed E-state index contributed by atoms with van der Waals surface area (Å²) in [5.74, 6) is 1.54. The van der Waals surface area contributed by atoms with Crippen molar-refractivity contribution < 1.29 is 19.7 Å². The molecule has 1 heterocycles. The average molecular weight is 272 g/mol. The van der Waals surface area contributed by atoms with Crippen LogP contribution in [-0.4, -0.2) is 23.4 Å². The second kappa shape index (κ2) is 5.06. The Bertz CT molecular complexity index is 606. The van der Waals surface area contributed by atoms with E-state index in [1.807, 2.05) is 24.3 Å². The monoisotopic (exact) mass is 272 g/mol. The minimum absolute atomic E-state index is 0.161. The summed E-state index contributed by atoms with van der Waals surface area (Å²) in [6, 6.07) is 12.4. The Kier molecular flexibility index (Phi) is 3.24. The highest BCUT2D eigenvalue weighted by Gasteiger charge is 2.29. The molecular formula is C16H16O4. The molecule has 0 saturated carbocycles. The van der Waals surface area contributed by atoms with Crippen molar-refractivity contribution >= 4 is 0 Å². The molecule has 2 N–H and O–H groups in total. The van der Waals surface area contributed by atoms with E-state index in [2.05, 4.69) is 0 Å². The van der Waals surface area contributed by atoms with Gasteiger partial charge in [0.05, 0.1) is 13.2 Å². The van der Waals surface area contributed by atoms with Gasteiger partial charge >= 0.3 is 0 Å². The van der Waals surface area contributed by atoms with E-state index >= 15 is 0 Å². The third-order valence-corrected chi connectivity index (χ3v) is 3.53. The maximum absolute atomic E-state index is 10.2. The van der Waals surface area contributed by atoms with Gasteiger partial charge in [-0.1, -0.05) is 18.2 Å². The maximum atomic E-state index is 10.2.